The van der Waals surface area contributed by atoms with Gasteiger partial charge in [0.05, 0.1) is 22.1 Å². The second-order valence-corrected chi connectivity index (χ2v) is 16.4. The Labute approximate surface area is 344 Å². The molecule has 2 heterocycles. The Balaban J connectivity index is 1.16. The van der Waals surface area contributed by atoms with Crippen LogP contribution in [0.4, 0.5) is 0 Å². The molecule has 0 aliphatic heterocycles. The predicted molar refractivity (Wildman–Crippen MR) is 257 cm³/mol. The van der Waals surface area contributed by atoms with E-state index in [1.165, 1.54) is 119 Å². The van der Waals surface area contributed by atoms with Crippen molar-refractivity contribution >= 4 is 108 Å². The van der Waals surface area contributed by atoms with Gasteiger partial charge in [-0.05, 0) is 130 Å². The predicted octanol–water partition coefficient (Wildman–Crippen LogP) is 15.9. The van der Waals surface area contributed by atoms with Crippen LogP contribution in [0.15, 0.2) is 206 Å². The highest BCUT2D eigenvalue weighted by Crippen LogP contribution is 2.45. The highest BCUT2D eigenvalue weighted by molar-refractivity contribution is 6.37. The maximum atomic E-state index is 2.49. The zero-order valence-corrected chi connectivity index (χ0v) is 32.5. The van der Waals surface area contributed by atoms with E-state index in [2.05, 4.69) is 215 Å². The van der Waals surface area contributed by atoms with Crippen LogP contribution in [-0.4, -0.2) is 9.13 Å². The van der Waals surface area contributed by atoms with Crippen LogP contribution in [0.25, 0.3) is 131 Å². The molecule has 0 unspecified atom stereocenters. The van der Waals surface area contributed by atoms with Crippen LogP contribution >= 0.6 is 0 Å². The molecule has 60 heavy (non-hydrogen) atoms. The fraction of sp³-hybridized carbons (Fsp3) is 0. The van der Waals surface area contributed by atoms with Gasteiger partial charge in [-0.2, -0.15) is 0 Å². The van der Waals surface area contributed by atoms with Gasteiger partial charge in [-0.1, -0.05) is 152 Å². The van der Waals surface area contributed by atoms with E-state index in [4.69, 9.17) is 0 Å². The van der Waals surface area contributed by atoms with Gasteiger partial charge in [-0.3, -0.25) is 0 Å². The second-order valence-electron chi connectivity index (χ2n) is 16.4. The molecule has 276 valence electrons. The van der Waals surface area contributed by atoms with Crippen molar-refractivity contribution in [1.82, 2.24) is 9.13 Å². The summed E-state index contributed by atoms with van der Waals surface area (Å²) in [4.78, 5) is 0. The van der Waals surface area contributed by atoms with Crippen LogP contribution in [0.3, 0.4) is 0 Å². The largest absolute Gasteiger partial charge is 0.309 e. The summed E-state index contributed by atoms with van der Waals surface area (Å²) in [5.41, 5.74) is 9.41. The van der Waals surface area contributed by atoms with Gasteiger partial charge in [-0.15, -0.1) is 0 Å². The molecular formula is C58H34N2. The van der Waals surface area contributed by atoms with Gasteiger partial charge in [0.2, 0.25) is 0 Å². The second kappa shape index (κ2) is 11.8. The molecule has 0 N–H and O–H groups in total. The SMILES string of the molecule is c1cc2ccc3cccc4c5cc(-c6cc(-n7c8ccccc8c8ccccc87)cc(-n7c8ccccc8c8ccccc87)c6)cc6ccc7cccc(c(c1)c2c34)c7c65. The molecule has 12 aromatic carbocycles. The Morgan fingerprint density at radius 2 is 0.550 bits per heavy atom. The molecule has 0 radical (unpaired) electrons. The quantitative estimate of drug-likeness (QED) is 0.159. The number of benzene rings is 11. The van der Waals surface area contributed by atoms with Gasteiger partial charge in [0.15, 0.2) is 0 Å². The van der Waals surface area contributed by atoms with E-state index in [0.717, 1.165) is 11.4 Å². The molecule has 14 rings (SSSR count). The molecule has 0 bridgehead atoms. The van der Waals surface area contributed by atoms with Crippen LogP contribution in [0.5, 0.6) is 0 Å². The normalized spacial score (nSPS) is 12.3. The molecule has 14 aromatic rings. The summed E-state index contributed by atoms with van der Waals surface area (Å²) >= 11 is 0. The number of nitrogens with zero attached hydrogens (tertiary/aromatic N) is 2. The topological polar surface area (TPSA) is 9.86 Å². The minimum absolute atomic E-state index is 1.13. The lowest BCUT2D eigenvalue weighted by Crippen LogP contribution is -2.00. The first-order chi connectivity index (χ1) is 29.8. The molecule has 2 aromatic heterocycles. The van der Waals surface area contributed by atoms with Crippen LogP contribution in [0.2, 0.25) is 0 Å². The summed E-state index contributed by atoms with van der Waals surface area (Å²) < 4.78 is 4.92. The third-order valence-corrected chi connectivity index (χ3v) is 13.3. The number of rotatable bonds is 3. The van der Waals surface area contributed by atoms with Crippen molar-refractivity contribution < 1.29 is 0 Å². The molecule has 0 aliphatic rings. The number of fused-ring (bicyclic) bond motifs is 8. The Morgan fingerprint density at radius 1 is 0.217 bits per heavy atom. The number of hydrogen-bond acceptors (Lipinski definition) is 0. The first-order valence-corrected chi connectivity index (χ1v) is 20.8. The highest BCUT2D eigenvalue weighted by atomic mass is 15.0. The van der Waals surface area contributed by atoms with Crippen molar-refractivity contribution in [3.63, 3.8) is 0 Å². The van der Waals surface area contributed by atoms with Crippen molar-refractivity contribution in [3.05, 3.63) is 206 Å². The lowest BCUT2D eigenvalue weighted by molar-refractivity contribution is 1.13. The van der Waals surface area contributed by atoms with Gasteiger partial charge in [-0.25, -0.2) is 0 Å². The molecule has 0 saturated carbocycles. The molecule has 0 saturated heterocycles. The minimum Gasteiger partial charge on any atom is -0.309 e. The van der Waals surface area contributed by atoms with E-state index in [-0.39, 0.29) is 0 Å². The highest BCUT2D eigenvalue weighted by Gasteiger charge is 2.20. The summed E-state index contributed by atoms with van der Waals surface area (Å²) in [7, 11) is 0. The van der Waals surface area contributed by atoms with E-state index >= 15 is 0 Å². The Kier molecular flexibility index (Phi) is 6.32. The van der Waals surface area contributed by atoms with Crippen molar-refractivity contribution in [3.8, 4) is 22.5 Å². The van der Waals surface area contributed by atoms with E-state index in [9.17, 15) is 0 Å². The Morgan fingerprint density at radius 3 is 0.983 bits per heavy atom. The first-order valence-electron chi connectivity index (χ1n) is 20.8. The smallest absolute Gasteiger partial charge is 0.0541 e. The third-order valence-electron chi connectivity index (χ3n) is 13.3. The molecule has 0 aliphatic carbocycles. The fourth-order valence-corrected chi connectivity index (χ4v) is 10.9. The summed E-state index contributed by atoms with van der Waals surface area (Å²) in [6.45, 7) is 0. The van der Waals surface area contributed by atoms with Gasteiger partial charge in [0.25, 0.3) is 0 Å². The molecule has 0 amide bonds. The minimum atomic E-state index is 1.13. The van der Waals surface area contributed by atoms with Gasteiger partial charge >= 0.3 is 0 Å². The van der Waals surface area contributed by atoms with Crippen molar-refractivity contribution in [2.75, 3.05) is 0 Å². The standard InChI is InChI=1S/C58H34N2/c1-5-22-51-43(15-1)44-16-2-6-23-52(44)59(51)41-31-40(32-42(34-41)60-53-24-7-3-17-45(53)46-18-4-8-25-54(46)60)39-30-38-29-28-37-13-10-20-48-47-19-9-12-35-26-27-36-14-11-21-49(57(36)55(35)47)50(33-39)58(38)56(37)48/h1-34H. The zero-order chi connectivity index (χ0) is 39.1. The van der Waals surface area contributed by atoms with E-state index in [1.807, 2.05) is 0 Å². The van der Waals surface area contributed by atoms with Crippen LogP contribution in [0, 0.1) is 0 Å². The average Bonchev–Trinajstić information content (AvgIpc) is 3.83. The molecule has 0 fully saturated rings. The lowest BCUT2D eigenvalue weighted by Gasteiger charge is -2.18. The molecule has 0 atom stereocenters. The molecule has 2 nitrogen and oxygen atoms in total. The summed E-state index contributed by atoms with van der Waals surface area (Å²) in [5, 5.41) is 20.5. The van der Waals surface area contributed by atoms with E-state index < -0.39 is 0 Å². The fourth-order valence-electron chi connectivity index (χ4n) is 10.9. The van der Waals surface area contributed by atoms with Crippen LogP contribution in [-0.2, 0) is 0 Å². The van der Waals surface area contributed by atoms with Crippen LogP contribution < -0.4 is 0 Å². The number of para-hydroxylation sites is 4. The average molecular weight is 759 g/mol. The lowest BCUT2D eigenvalue weighted by atomic mass is 9.86. The van der Waals surface area contributed by atoms with Gasteiger partial charge in [0.1, 0.15) is 0 Å². The van der Waals surface area contributed by atoms with Gasteiger partial charge in [0, 0.05) is 32.9 Å². The van der Waals surface area contributed by atoms with Crippen LogP contribution in [0.1, 0.15) is 0 Å². The van der Waals surface area contributed by atoms with Crippen molar-refractivity contribution in [1.29, 1.82) is 0 Å². The zero-order valence-electron chi connectivity index (χ0n) is 32.5. The monoisotopic (exact) mass is 758 g/mol. The Bertz CT molecular complexity index is 3880. The summed E-state index contributed by atoms with van der Waals surface area (Å²) in [5.74, 6) is 0. The van der Waals surface area contributed by atoms with Crippen molar-refractivity contribution in [2.45, 2.75) is 0 Å². The van der Waals surface area contributed by atoms with Gasteiger partial charge < -0.3 is 9.13 Å². The maximum absolute atomic E-state index is 2.49. The van der Waals surface area contributed by atoms with Crippen molar-refractivity contribution in [2.24, 2.45) is 0 Å². The number of hydrogen-bond donors (Lipinski definition) is 0. The number of aromatic nitrogens is 2. The van der Waals surface area contributed by atoms with E-state index in [0.29, 0.717) is 0 Å². The Hall–Kier alpha value is -7.94. The van der Waals surface area contributed by atoms with E-state index in [1.54, 1.807) is 0 Å². The molecule has 0 spiro atoms. The summed E-state index contributed by atoms with van der Waals surface area (Å²) in [6.07, 6.45) is 0. The third kappa shape index (κ3) is 4.27. The maximum Gasteiger partial charge on any atom is 0.0541 e. The molecule has 2 heteroatoms. The molecular weight excluding hydrogens is 725 g/mol. The summed E-state index contributed by atoms with van der Waals surface area (Å²) in [6, 6.07) is 77.2. The first kappa shape index (κ1) is 32.1.